The van der Waals surface area contributed by atoms with Crippen LogP contribution in [0.15, 0.2) is 36.5 Å². The van der Waals surface area contributed by atoms with Crippen LogP contribution in [0, 0.1) is 12.8 Å². The van der Waals surface area contributed by atoms with Gasteiger partial charge in [0.2, 0.25) is 11.8 Å². The highest BCUT2D eigenvalue weighted by atomic mass is 16.5. The van der Waals surface area contributed by atoms with Crippen molar-refractivity contribution in [2.24, 2.45) is 11.7 Å². The summed E-state index contributed by atoms with van der Waals surface area (Å²) in [7, 11) is 0. The van der Waals surface area contributed by atoms with E-state index in [1.807, 2.05) is 20.8 Å². The van der Waals surface area contributed by atoms with Crippen LogP contribution in [0.4, 0.5) is 5.69 Å². The predicted molar refractivity (Wildman–Crippen MR) is 97.7 cm³/mol. The molecule has 1 aromatic heterocycles. The number of hydrogen-bond donors (Lipinski definition) is 3. The summed E-state index contributed by atoms with van der Waals surface area (Å²) < 4.78 is 5.54. The minimum absolute atomic E-state index is 0.00277. The summed E-state index contributed by atoms with van der Waals surface area (Å²) in [5.41, 5.74) is 7.10. The van der Waals surface area contributed by atoms with Crippen LogP contribution in [0.25, 0.3) is 0 Å². The Morgan fingerprint density at radius 2 is 1.88 bits per heavy atom. The summed E-state index contributed by atoms with van der Waals surface area (Å²) in [6.07, 6.45) is 1.62. The number of nitrogens with zero attached hydrogens (tertiary/aromatic N) is 2. The van der Waals surface area contributed by atoms with Gasteiger partial charge in [0.05, 0.1) is 12.6 Å². The zero-order valence-electron chi connectivity index (χ0n) is 15.0. The summed E-state index contributed by atoms with van der Waals surface area (Å²) in [6.45, 7) is 5.39. The first-order chi connectivity index (χ1) is 12.3. The lowest BCUT2D eigenvalue weighted by atomic mass is 10.1. The Labute approximate surface area is 152 Å². The molecule has 2 rings (SSSR count). The van der Waals surface area contributed by atoms with Crippen LogP contribution in [0.2, 0.25) is 0 Å². The Morgan fingerprint density at radius 3 is 2.50 bits per heavy atom. The normalized spacial score (nSPS) is 11.7. The van der Waals surface area contributed by atoms with Gasteiger partial charge in [0.1, 0.15) is 5.75 Å². The van der Waals surface area contributed by atoms with Crippen LogP contribution < -0.4 is 21.1 Å². The maximum absolute atomic E-state index is 11.9. The van der Waals surface area contributed by atoms with Crippen LogP contribution in [-0.4, -0.2) is 34.4 Å². The average Bonchev–Trinajstić information content (AvgIpc) is 2.60. The van der Waals surface area contributed by atoms with Crippen LogP contribution in [-0.2, 0) is 9.59 Å². The molecule has 4 N–H and O–H groups in total. The second-order valence-electron chi connectivity index (χ2n) is 6.14. The highest BCUT2D eigenvalue weighted by Crippen LogP contribution is 2.20. The van der Waals surface area contributed by atoms with E-state index in [1.54, 1.807) is 36.5 Å². The fraction of sp³-hybridized carbons (Fsp3) is 0.333. The number of nitrogens with two attached hydrogens (primary N) is 1. The molecule has 138 valence electrons. The third-order valence-electron chi connectivity index (χ3n) is 3.56. The first-order valence-electron chi connectivity index (χ1n) is 8.26. The van der Waals surface area contributed by atoms with E-state index in [4.69, 9.17) is 10.5 Å². The van der Waals surface area contributed by atoms with Gasteiger partial charge in [0, 0.05) is 17.6 Å². The molecule has 0 aliphatic rings. The fourth-order valence-corrected chi connectivity index (χ4v) is 1.98. The van der Waals surface area contributed by atoms with Crippen LogP contribution in [0.1, 0.15) is 19.5 Å². The zero-order chi connectivity index (χ0) is 19.1. The first kappa shape index (κ1) is 19.3. The fourth-order valence-electron chi connectivity index (χ4n) is 1.98. The topological polar surface area (TPSA) is 119 Å². The summed E-state index contributed by atoms with van der Waals surface area (Å²) >= 11 is 0. The summed E-state index contributed by atoms with van der Waals surface area (Å²) in [4.78, 5) is 31.8. The van der Waals surface area contributed by atoms with Gasteiger partial charge in [-0.3, -0.25) is 9.59 Å². The molecule has 1 heterocycles. The molecule has 0 spiro atoms. The maximum Gasteiger partial charge on any atom is 0.322 e. The van der Waals surface area contributed by atoms with Crippen molar-refractivity contribution in [3.63, 3.8) is 0 Å². The largest absolute Gasteiger partial charge is 0.424 e. The number of carbonyl (C=O) groups is 2. The minimum atomic E-state index is -0.636. The predicted octanol–water partition coefficient (Wildman–Crippen LogP) is 1.62. The van der Waals surface area contributed by atoms with E-state index in [0.717, 1.165) is 5.69 Å². The third-order valence-corrected chi connectivity index (χ3v) is 3.56. The van der Waals surface area contributed by atoms with E-state index in [2.05, 4.69) is 20.6 Å². The quantitative estimate of drug-likeness (QED) is 0.693. The van der Waals surface area contributed by atoms with Gasteiger partial charge in [-0.2, -0.15) is 0 Å². The SMILES string of the molecule is Cc1ccnc(Oc2ccc(NC(=O)CNC(=O)[C@@H](N)C(C)C)cc2)n1. The molecule has 0 aliphatic heterocycles. The number of rotatable bonds is 7. The van der Waals surface area contributed by atoms with Crippen molar-refractivity contribution >= 4 is 17.5 Å². The molecule has 0 radical (unpaired) electrons. The molecule has 0 aliphatic carbocycles. The molecular formula is C18H23N5O3. The van der Waals surface area contributed by atoms with E-state index in [9.17, 15) is 9.59 Å². The van der Waals surface area contributed by atoms with Gasteiger partial charge in [-0.05, 0) is 43.2 Å². The summed E-state index contributed by atoms with van der Waals surface area (Å²) in [6, 6.07) is 8.14. The second-order valence-corrected chi connectivity index (χ2v) is 6.14. The van der Waals surface area contributed by atoms with Gasteiger partial charge in [0.25, 0.3) is 0 Å². The van der Waals surface area contributed by atoms with Crippen molar-refractivity contribution in [1.82, 2.24) is 15.3 Å². The number of hydrogen-bond acceptors (Lipinski definition) is 6. The molecule has 0 bridgehead atoms. The van der Waals surface area contributed by atoms with Crippen molar-refractivity contribution in [2.45, 2.75) is 26.8 Å². The monoisotopic (exact) mass is 357 g/mol. The van der Waals surface area contributed by atoms with Crippen LogP contribution >= 0.6 is 0 Å². The number of carbonyl (C=O) groups excluding carboxylic acids is 2. The number of ether oxygens (including phenoxy) is 1. The van der Waals surface area contributed by atoms with Crippen molar-refractivity contribution in [2.75, 3.05) is 11.9 Å². The number of benzene rings is 1. The zero-order valence-corrected chi connectivity index (χ0v) is 15.0. The maximum atomic E-state index is 11.9. The molecule has 0 saturated carbocycles. The number of aromatic nitrogens is 2. The Morgan fingerprint density at radius 1 is 1.19 bits per heavy atom. The highest BCUT2D eigenvalue weighted by molar-refractivity contribution is 5.95. The summed E-state index contributed by atoms with van der Waals surface area (Å²) in [5, 5.41) is 5.20. The molecule has 1 aromatic carbocycles. The van der Waals surface area contributed by atoms with Crippen molar-refractivity contribution < 1.29 is 14.3 Å². The molecule has 2 aromatic rings. The van der Waals surface area contributed by atoms with Gasteiger partial charge >= 0.3 is 6.01 Å². The lowest BCUT2D eigenvalue weighted by Gasteiger charge is -2.15. The Balaban J connectivity index is 1.84. The van der Waals surface area contributed by atoms with Crippen LogP contribution in [0.5, 0.6) is 11.8 Å². The molecule has 1 atom stereocenters. The van der Waals surface area contributed by atoms with E-state index in [1.165, 1.54) is 0 Å². The molecule has 0 fully saturated rings. The highest BCUT2D eigenvalue weighted by Gasteiger charge is 2.17. The Kier molecular flexibility index (Phi) is 6.62. The van der Waals surface area contributed by atoms with Crippen molar-refractivity contribution in [3.05, 3.63) is 42.2 Å². The van der Waals surface area contributed by atoms with E-state index >= 15 is 0 Å². The molecule has 26 heavy (non-hydrogen) atoms. The smallest absolute Gasteiger partial charge is 0.322 e. The molecule has 8 nitrogen and oxygen atoms in total. The average molecular weight is 357 g/mol. The molecule has 8 heteroatoms. The first-order valence-corrected chi connectivity index (χ1v) is 8.26. The molecular weight excluding hydrogens is 334 g/mol. The lowest BCUT2D eigenvalue weighted by Crippen LogP contribution is -2.46. The van der Waals surface area contributed by atoms with E-state index in [0.29, 0.717) is 11.4 Å². The number of anilines is 1. The number of amides is 2. The Hall–Kier alpha value is -3.00. The second kappa shape index (κ2) is 8.91. The van der Waals surface area contributed by atoms with Gasteiger partial charge in [-0.1, -0.05) is 13.8 Å². The van der Waals surface area contributed by atoms with Crippen molar-refractivity contribution in [3.8, 4) is 11.8 Å². The Bertz CT molecular complexity index is 762. The van der Waals surface area contributed by atoms with Gasteiger partial charge in [-0.15, -0.1) is 0 Å². The van der Waals surface area contributed by atoms with Gasteiger partial charge in [-0.25, -0.2) is 9.97 Å². The van der Waals surface area contributed by atoms with Crippen molar-refractivity contribution in [1.29, 1.82) is 0 Å². The molecule has 0 unspecified atom stereocenters. The lowest BCUT2D eigenvalue weighted by molar-refractivity contribution is -0.125. The third kappa shape index (κ3) is 5.82. The van der Waals surface area contributed by atoms with E-state index in [-0.39, 0.29) is 30.3 Å². The number of nitrogens with one attached hydrogen (secondary N) is 2. The van der Waals surface area contributed by atoms with Gasteiger partial charge in [0.15, 0.2) is 0 Å². The standard InChI is InChI=1S/C18H23N5O3/c1-11(2)16(19)17(25)21-10-15(24)23-13-4-6-14(7-5-13)26-18-20-9-8-12(3)22-18/h4-9,11,16H,10,19H2,1-3H3,(H,21,25)(H,23,24)/t16-/m0/s1. The van der Waals surface area contributed by atoms with E-state index < -0.39 is 6.04 Å². The molecule has 0 saturated heterocycles. The number of aryl methyl sites for hydroxylation is 1. The molecule has 2 amide bonds. The van der Waals surface area contributed by atoms with Crippen LogP contribution in [0.3, 0.4) is 0 Å². The summed E-state index contributed by atoms with van der Waals surface area (Å²) in [5.74, 6) is -0.144. The minimum Gasteiger partial charge on any atom is -0.424 e. The van der Waals surface area contributed by atoms with Gasteiger partial charge < -0.3 is 21.1 Å².